The van der Waals surface area contributed by atoms with Crippen LogP contribution in [0.5, 0.6) is 0 Å². The highest BCUT2D eigenvalue weighted by atomic mass is 35.5. The first-order chi connectivity index (χ1) is 7.13. The molecule has 0 radical (unpaired) electrons. The van der Waals surface area contributed by atoms with Crippen molar-refractivity contribution in [3.63, 3.8) is 0 Å². The van der Waals surface area contributed by atoms with Crippen molar-refractivity contribution in [3.05, 3.63) is 23.0 Å². The minimum Gasteiger partial charge on any atom is -0.396 e. The highest BCUT2D eigenvalue weighted by Crippen LogP contribution is 2.02. The molecule has 1 atom stereocenters. The molecule has 1 aromatic rings. The van der Waals surface area contributed by atoms with Gasteiger partial charge in [-0.2, -0.15) is 0 Å². The number of aromatic nitrogens is 2. The Kier molecular flexibility index (Phi) is 4.45. The number of amides is 1. The largest absolute Gasteiger partial charge is 0.396 e. The zero-order chi connectivity index (χ0) is 11.3. The monoisotopic (exact) mass is 229 g/mol. The van der Waals surface area contributed by atoms with Crippen LogP contribution in [0.15, 0.2) is 12.1 Å². The number of carbonyl (C=O) groups excluding carboxylic acids is 1. The van der Waals surface area contributed by atoms with E-state index in [9.17, 15) is 4.79 Å². The quantitative estimate of drug-likeness (QED) is 0.794. The first-order valence-electron chi connectivity index (χ1n) is 4.54. The molecule has 0 bridgehead atoms. The van der Waals surface area contributed by atoms with Gasteiger partial charge in [0, 0.05) is 12.6 Å². The second-order valence-electron chi connectivity index (χ2n) is 3.13. The van der Waals surface area contributed by atoms with E-state index in [2.05, 4.69) is 15.5 Å². The third-order valence-corrected chi connectivity index (χ3v) is 2.01. The number of nitrogens with zero attached hydrogens (tertiary/aromatic N) is 2. The van der Waals surface area contributed by atoms with Gasteiger partial charge in [-0.15, -0.1) is 10.2 Å². The summed E-state index contributed by atoms with van der Waals surface area (Å²) in [5.74, 6) is -0.319. The summed E-state index contributed by atoms with van der Waals surface area (Å²) >= 11 is 5.53. The lowest BCUT2D eigenvalue weighted by molar-refractivity contribution is 0.0928. The van der Waals surface area contributed by atoms with Crippen molar-refractivity contribution in [1.82, 2.24) is 15.5 Å². The molecule has 1 aromatic heterocycles. The van der Waals surface area contributed by atoms with Gasteiger partial charge in [0.2, 0.25) is 0 Å². The fourth-order valence-corrected chi connectivity index (χ4v) is 1.10. The van der Waals surface area contributed by atoms with Crippen molar-refractivity contribution < 1.29 is 9.90 Å². The summed E-state index contributed by atoms with van der Waals surface area (Å²) in [7, 11) is 0. The Morgan fingerprint density at radius 1 is 1.60 bits per heavy atom. The van der Waals surface area contributed by atoms with Crippen molar-refractivity contribution in [3.8, 4) is 0 Å². The summed E-state index contributed by atoms with van der Waals surface area (Å²) < 4.78 is 0. The van der Waals surface area contributed by atoms with Crippen molar-refractivity contribution in [2.45, 2.75) is 19.4 Å². The average molecular weight is 230 g/mol. The fourth-order valence-electron chi connectivity index (χ4n) is 1.00. The van der Waals surface area contributed by atoms with E-state index in [0.717, 1.165) is 0 Å². The van der Waals surface area contributed by atoms with Gasteiger partial charge in [0.15, 0.2) is 10.8 Å². The van der Waals surface area contributed by atoms with E-state index in [1.807, 2.05) is 0 Å². The molecule has 0 fully saturated rings. The lowest BCUT2D eigenvalue weighted by Gasteiger charge is -2.11. The van der Waals surface area contributed by atoms with E-state index in [4.69, 9.17) is 16.7 Å². The van der Waals surface area contributed by atoms with E-state index in [-0.39, 0.29) is 29.4 Å². The van der Waals surface area contributed by atoms with Crippen LogP contribution < -0.4 is 5.32 Å². The summed E-state index contributed by atoms with van der Waals surface area (Å²) in [5.41, 5.74) is 0.212. The lowest BCUT2D eigenvalue weighted by atomic mass is 10.2. The molecule has 2 N–H and O–H groups in total. The van der Waals surface area contributed by atoms with Gasteiger partial charge in [0.25, 0.3) is 5.91 Å². The molecular formula is C9H12ClN3O2. The van der Waals surface area contributed by atoms with Crippen LogP contribution in [0.3, 0.4) is 0 Å². The number of hydrogen-bond acceptors (Lipinski definition) is 4. The number of carbonyl (C=O) groups is 1. The summed E-state index contributed by atoms with van der Waals surface area (Å²) in [5, 5.41) is 18.8. The number of nitrogens with one attached hydrogen (secondary N) is 1. The van der Waals surface area contributed by atoms with Gasteiger partial charge in [-0.05, 0) is 25.5 Å². The van der Waals surface area contributed by atoms with Crippen LogP contribution >= 0.6 is 11.6 Å². The van der Waals surface area contributed by atoms with Crippen LogP contribution in [0.25, 0.3) is 0 Å². The Morgan fingerprint density at radius 2 is 2.33 bits per heavy atom. The van der Waals surface area contributed by atoms with E-state index >= 15 is 0 Å². The molecule has 1 amide bonds. The van der Waals surface area contributed by atoms with Crippen LogP contribution in [-0.2, 0) is 0 Å². The Balaban J connectivity index is 2.57. The van der Waals surface area contributed by atoms with E-state index in [1.165, 1.54) is 12.1 Å². The molecule has 0 spiro atoms. The molecule has 1 heterocycles. The molecule has 82 valence electrons. The Bertz CT molecular complexity index is 329. The predicted molar refractivity (Wildman–Crippen MR) is 55.7 cm³/mol. The van der Waals surface area contributed by atoms with E-state index in [0.29, 0.717) is 6.42 Å². The maximum atomic E-state index is 11.5. The maximum absolute atomic E-state index is 11.5. The standard InChI is InChI=1S/C9H12ClN3O2/c1-6(4-5-14)11-9(15)7-2-3-8(10)13-12-7/h2-3,6,14H,4-5H2,1H3,(H,11,15). The minimum absolute atomic E-state index is 0.0355. The van der Waals surface area contributed by atoms with Gasteiger partial charge in [0.05, 0.1) is 0 Å². The highest BCUT2D eigenvalue weighted by Gasteiger charge is 2.10. The van der Waals surface area contributed by atoms with Gasteiger partial charge in [-0.3, -0.25) is 4.79 Å². The van der Waals surface area contributed by atoms with Crippen LogP contribution in [0.4, 0.5) is 0 Å². The second kappa shape index (κ2) is 5.63. The Morgan fingerprint density at radius 3 is 2.87 bits per heavy atom. The molecule has 0 saturated heterocycles. The number of aliphatic hydroxyl groups excluding tert-OH is 1. The second-order valence-corrected chi connectivity index (χ2v) is 3.52. The van der Waals surface area contributed by atoms with Crippen molar-refractivity contribution >= 4 is 17.5 Å². The smallest absolute Gasteiger partial charge is 0.272 e. The van der Waals surface area contributed by atoms with Crippen LogP contribution in [0.1, 0.15) is 23.8 Å². The molecule has 5 nitrogen and oxygen atoms in total. The lowest BCUT2D eigenvalue weighted by Crippen LogP contribution is -2.33. The van der Waals surface area contributed by atoms with Gasteiger partial charge in [0.1, 0.15) is 0 Å². The average Bonchev–Trinajstić information content (AvgIpc) is 2.18. The minimum atomic E-state index is -0.319. The SMILES string of the molecule is CC(CCO)NC(=O)c1ccc(Cl)nn1. The molecule has 1 unspecified atom stereocenters. The molecule has 0 saturated carbocycles. The van der Waals surface area contributed by atoms with Crippen molar-refractivity contribution in [2.75, 3.05) is 6.61 Å². The molecule has 15 heavy (non-hydrogen) atoms. The van der Waals surface area contributed by atoms with Gasteiger partial charge < -0.3 is 10.4 Å². The van der Waals surface area contributed by atoms with Crippen molar-refractivity contribution in [2.24, 2.45) is 0 Å². The third-order valence-electron chi connectivity index (χ3n) is 1.80. The maximum Gasteiger partial charge on any atom is 0.272 e. The molecule has 0 aromatic carbocycles. The third kappa shape index (κ3) is 3.81. The molecule has 6 heteroatoms. The summed E-state index contributed by atoms with van der Waals surface area (Å²) in [6.07, 6.45) is 0.507. The summed E-state index contributed by atoms with van der Waals surface area (Å²) in [6, 6.07) is 2.90. The molecule has 0 aliphatic heterocycles. The fraction of sp³-hybridized carbons (Fsp3) is 0.444. The highest BCUT2D eigenvalue weighted by molar-refractivity contribution is 6.29. The van der Waals surface area contributed by atoms with E-state index < -0.39 is 0 Å². The van der Waals surface area contributed by atoms with Gasteiger partial charge in [-0.25, -0.2) is 0 Å². The first kappa shape index (κ1) is 11.9. The molecule has 0 aliphatic carbocycles. The Hall–Kier alpha value is -1.20. The van der Waals surface area contributed by atoms with Crippen LogP contribution in [-0.4, -0.2) is 33.9 Å². The predicted octanol–water partition coefficient (Wildman–Crippen LogP) is 0.631. The van der Waals surface area contributed by atoms with Crippen LogP contribution in [0, 0.1) is 0 Å². The molecular weight excluding hydrogens is 218 g/mol. The molecule has 1 rings (SSSR count). The normalized spacial score (nSPS) is 12.2. The summed E-state index contributed by atoms with van der Waals surface area (Å²) in [6.45, 7) is 1.84. The van der Waals surface area contributed by atoms with Crippen LogP contribution in [0.2, 0.25) is 5.15 Å². The zero-order valence-electron chi connectivity index (χ0n) is 8.27. The summed E-state index contributed by atoms with van der Waals surface area (Å²) in [4.78, 5) is 11.5. The van der Waals surface area contributed by atoms with Crippen molar-refractivity contribution in [1.29, 1.82) is 0 Å². The number of hydrogen-bond donors (Lipinski definition) is 2. The van der Waals surface area contributed by atoms with Gasteiger partial charge >= 0.3 is 0 Å². The van der Waals surface area contributed by atoms with E-state index in [1.54, 1.807) is 6.92 Å². The Labute approximate surface area is 92.5 Å². The topological polar surface area (TPSA) is 75.1 Å². The molecule has 0 aliphatic rings. The zero-order valence-corrected chi connectivity index (χ0v) is 9.03. The number of halogens is 1. The number of rotatable bonds is 4. The number of aliphatic hydroxyl groups is 1. The van der Waals surface area contributed by atoms with Gasteiger partial charge in [-0.1, -0.05) is 11.6 Å². The first-order valence-corrected chi connectivity index (χ1v) is 4.92.